The predicted molar refractivity (Wildman–Crippen MR) is 86.0 cm³/mol. The molecule has 1 aliphatic heterocycles. The van der Waals surface area contributed by atoms with Gasteiger partial charge in [-0.2, -0.15) is 0 Å². The van der Waals surface area contributed by atoms with Crippen molar-refractivity contribution in [3.63, 3.8) is 0 Å². The topological polar surface area (TPSA) is 88.1 Å². The van der Waals surface area contributed by atoms with Gasteiger partial charge in [0.1, 0.15) is 18.9 Å². The molecule has 2 rings (SSSR count). The van der Waals surface area contributed by atoms with E-state index >= 15 is 0 Å². The van der Waals surface area contributed by atoms with Crippen LogP contribution < -0.4 is 5.32 Å². The van der Waals surface area contributed by atoms with Gasteiger partial charge in [0.05, 0.1) is 25.2 Å². The van der Waals surface area contributed by atoms with E-state index in [9.17, 15) is 14.4 Å². The molecule has 124 valence electrons. The Morgan fingerprint density at radius 2 is 2.26 bits per heavy atom. The number of oxime groups is 1. The zero-order chi connectivity index (χ0) is 16.8. The fourth-order valence-corrected chi connectivity index (χ4v) is 3.06. The number of carbonyl (C=O) groups excluding carboxylic acids is 3. The summed E-state index contributed by atoms with van der Waals surface area (Å²) in [5, 5.41) is 8.60. The van der Waals surface area contributed by atoms with Crippen LogP contribution in [0.5, 0.6) is 0 Å². The number of ketones is 1. The average Bonchev–Trinajstić information content (AvgIpc) is 3.13. The average molecular weight is 337 g/mol. The van der Waals surface area contributed by atoms with Gasteiger partial charge in [0, 0.05) is 11.3 Å². The fraction of sp³-hybridized carbons (Fsp3) is 0.467. The van der Waals surface area contributed by atoms with Crippen molar-refractivity contribution in [1.82, 2.24) is 10.2 Å². The maximum atomic E-state index is 12.4. The van der Waals surface area contributed by atoms with E-state index in [0.29, 0.717) is 18.7 Å². The maximum Gasteiger partial charge on any atom is 0.243 e. The number of likely N-dealkylation sites (tertiary alicyclic amines) is 1. The van der Waals surface area contributed by atoms with Gasteiger partial charge in [-0.15, -0.1) is 11.3 Å². The molecular weight excluding hydrogens is 318 g/mol. The predicted octanol–water partition coefficient (Wildman–Crippen LogP) is 0.947. The first kappa shape index (κ1) is 17.1. The number of Topliss-reactive ketones (excluding diaryl/α,β-unsaturated/α-hetero) is 1. The van der Waals surface area contributed by atoms with Crippen molar-refractivity contribution in [1.29, 1.82) is 0 Å². The van der Waals surface area contributed by atoms with E-state index in [4.69, 9.17) is 4.84 Å². The van der Waals surface area contributed by atoms with Crippen molar-refractivity contribution < 1.29 is 19.2 Å². The quantitative estimate of drug-likeness (QED) is 0.618. The van der Waals surface area contributed by atoms with Crippen LogP contribution >= 0.6 is 11.3 Å². The van der Waals surface area contributed by atoms with Crippen LogP contribution in [0, 0.1) is 0 Å². The van der Waals surface area contributed by atoms with Gasteiger partial charge in [-0.25, -0.2) is 0 Å². The Morgan fingerprint density at radius 1 is 1.48 bits per heavy atom. The van der Waals surface area contributed by atoms with Crippen LogP contribution in [0.3, 0.4) is 0 Å². The van der Waals surface area contributed by atoms with Crippen molar-refractivity contribution in [3.05, 3.63) is 22.4 Å². The lowest BCUT2D eigenvalue weighted by Crippen LogP contribution is -2.46. The molecule has 0 saturated carbocycles. The van der Waals surface area contributed by atoms with Crippen LogP contribution in [-0.2, 0) is 25.8 Å². The second-order valence-corrected chi connectivity index (χ2v) is 6.29. The third-order valence-corrected chi connectivity index (χ3v) is 4.29. The molecule has 0 spiro atoms. The molecule has 7 nitrogen and oxygen atoms in total. The van der Waals surface area contributed by atoms with Crippen LogP contribution in [0.4, 0.5) is 0 Å². The summed E-state index contributed by atoms with van der Waals surface area (Å²) < 4.78 is 0. The summed E-state index contributed by atoms with van der Waals surface area (Å²) in [6, 6.07) is 3.18. The Kier molecular flexibility index (Phi) is 5.86. The zero-order valence-electron chi connectivity index (χ0n) is 13.1. The SMILES string of the molecule is CO/N=C1\C[C@@H](C(=O)NCc2cccs2)N(C(=O)CC(C)=O)C1. The van der Waals surface area contributed by atoms with Gasteiger partial charge in [-0.3, -0.25) is 14.4 Å². The number of thiophene rings is 1. The van der Waals surface area contributed by atoms with E-state index in [2.05, 4.69) is 10.5 Å². The highest BCUT2D eigenvalue weighted by Crippen LogP contribution is 2.18. The number of amides is 2. The molecule has 1 atom stereocenters. The summed E-state index contributed by atoms with van der Waals surface area (Å²) in [4.78, 5) is 42.9. The molecule has 1 N–H and O–H groups in total. The van der Waals surface area contributed by atoms with E-state index < -0.39 is 6.04 Å². The molecule has 1 aliphatic rings. The van der Waals surface area contributed by atoms with Gasteiger partial charge in [0.25, 0.3) is 0 Å². The second kappa shape index (κ2) is 7.87. The van der Waals surface area contributed by atoms with E-state index in [1.54, 1.807) is 11.3 Å². The molecule has 2 amide bonds. The smallest absolute Gasteiger partial charge is 0.243 e. The lowest BCUT2D eigenvalue weighted by Gasteiger charge is -2.22. The van der Waals surface area contributed by atoms with Gasteiger partial charge in [0.2, 0.25) is 11.8 Å². The molecule has 0 bridgehead atoms. The highest BCUT2D eigenvalue weighted by molar-refractivity contribution is 7.09. The molecule has 1 saturated heterocycles. The van der Waals surface area contributed by atoms with Crippen LogP contribution in [0.25, 0.3) is 0 Å². The van der Waals surface area contributed by atoms with Crippen LogP contribution in [0.15, 0.2) is 22.7 Å². The summed E-state index contributed by atoms with van der Waals surface area (Å²) in [6.45, 7) is 1.97. The first-order valence-electron chi connectivity index (χ1n) is 7.19. The van der Waals surface area contributed by atoms with Crippen LogP contribution in [-0.4, -0.2) is 47.9 Å². The lowest BCUT2D eigenvalue weighted by atomic mass is 10.2. The van der Waals surface area contributed by atoms with Crippen molar-refractivity contribution in [2.45, 2.75) is 32.4 Å². The molecular formula is C15H19N3O4S. The van der Waals surface area contributed by atoms with Gasteiger partial charge in [0.15, 0.2) is 0 Å². The largest absolute Gasteiger partial charge is 0.399 e. The van der Waals surface area contributed by atoms with Gasteiger partial charge >= 0.3 is 0 Å². The van der Waals surface area contributed by atoms with Gasteiger partial charge < -0.3 is 15.1 Å². The Labute approximate surface area is 138 Å². The third-order valence-electron chi connectivity index (χ3n) is 3.42. The molecule has 1 aromatic rings. The second-order valence-electron chi connectivity index (χ2n) is 5.26. The van der Waals surface area contributed by atoms with Crippen molar-refractivity contribution >= 4 is 34.6 Å². The summed E-state index contributed by atoms with van der Waals surface area (Å²) in [5.41, 5.74) is 0.612. The number of nitrogens with zero attached hydrogens (tertiary/aromatic N) is 2. The minimum atomic E-state index is -0.657. The summed E-state index contributed by atoms with van der Waals surface area (Å²) in [5.74, 6) is -0.850. The highest BCUT2D eigenvalue weighted by Gasteiger charge is 2.38. The standard InChI is InChI=1S/C15H19N3O4S/c1-10(19)6-14(20)18-9-11(17-22-2)7-13(18)15(21)16-8-12-4-3-5-23-12/h3-5,13H,6-9H2,1-2H3,(H,16,21)/b17-11+/t13-/m0/s1. The molecule has 1 fully saturated rings. The van der Waals surface area contributed by atoms with Crippen LogP contribution in [0.1, 0.15) is 24.6 Å². The molecule has 0 unspecified atom stereocenters. The van der Waals surface area contributed by atoms with E-state index in [1.165, 1.54) is 18.9 Å². The minimum Gasteiger partial charge on any atom is -0.399 e. The molecule has 8 heteroatoms. The Morgan fingerprint density at radius 3 is 2.87 bits per heavy atom. The van der Waals surface area contributed by atoms with Gasteiger partial charge in [-0.1, -0.05) is 11.2 Å². The zero-order valence-corrected chi connectivity index (χ0v) is 13.9. The summed E-state index contributed by atoms with van der Waals surface area (Å²) >= 11 is 1.55. The van der Waals surface area contributed by atoms with E-state index in [0.717, 1.165) is 4.88 Å². The monoisotopic (exact) mass is 337 g/mol. The molecule has 0 aromatic carbocycles. The summed E-state index contributed by atoms with van der Waals surface area (Å²) in [6.07, 6.45) is 0.0999. The van der Waals surface area contributed by atoms with Crippen LogP contribution in [0.2, 0.25) is 0 Å². The number of nitrogens with one attached hydrogen (secondary N) is 1. The maximum absolute atomic E-state index is 12.4. The number of carbonyl (C=O) groups is 3. The lowest BCUT2D eigenvalue weighted by molar-refractivity contribution is -0.140. The van der Waals surface area contributed by atoms with E-state index in [1.807, 2.05) is 17.5 Å². The van der Waals surface area contributed by atoms with E-state index in [-0.39, 0.29) is 30.6 Å². The first-order valence-corrected chi connectivity index (χ1v) is 8.07. The third kappa shape index (κ3) is 4.62. The molecule has 0 radical (unpaired) electrons. The Balaban J connectivity index is 2.05. The number of hydrogen-bond donors (Lipinski definition) is 1. The van der Waals surface area contributed by atoms with Crippen molar-refractivity contribution in [2.24, 2.45) is 5.16 Å². The Bertz CT molecular complexity index is 612. The summed E-state index contributed by atoms with van der Waals surface area (Å²) in [7, 11) is 1.42. The molecule has 23 heavy (non-hydrogen) atoms. The molecule has 2 heterocycles. The highest BCUT2D eigenvalue weighted by atomic mass is 32.1. The van der Waals surface area contributed by atoms with Crippen molar-refractivity contribution in [3.8, 4) is 0 Å². The fourth-order valence-electron chi connectivity index (χ4n) is 2.42. The molecule has 0 aliphatic carbocycles. The normalized spacial score (nSPS) is 19.0. The van der Waals surface area contributed by atoms with Crippen molar-refractivity contribution in [2.75, 3.05) is 13.7 Å². The Hall–Kier alpha value is -2.22. The minimum absolute atomic E-state index is 0.205. The number of rotatable bonds is 6. The molecule has 1 aromatic heterocycles. The van der Waals surface area contributed by atoms with Gasteiger partial charge in [-0.05, 0) is 18.4 Å². The number of hydrogen-bond acceptors (Lipinski definition) is 6. The first-order chi connectivity index (χ1) is 11.0.